The van der Waals surface area contributed by atoms with Crippen LogP contribution in [0.3, 0.4) is 0 Å². The number of likely N-dealkylation sites (tertiary alicyclic amines) is 1. The minimum absolute atomic E-state index is 0.119. The molecule has 2 amide bonds. The normalized spacial score (nSPS) is 21.7. The van der Waals surface area contributed by atoms with Gasteiger partial charge in [0.05, 0.1) is 18.6 Å². The van der Waals surface area contributed by atoms with Gasteiger partial charge in [-0.25, -0.2) is 4.39 Å². The minimum atomic E-state index is -0.700. The van der Waals surface area contributed by atoms with E-state index in [1.165, 1.54) is 19.1 Å². The highest BCUT2D eigenvalue weighted by atomic mass is 35.5. The molecule has 1 aromatic rings. The molecule has 1 aliphatic rings. The Balaban J connectivity index is 2.02. The number of hydrogen-bond acceptors (Lipinski definition) is 3. The number of rotatable bonds is 3. The van der Waals surface area contributed by atoms with Crippen molar-refractivity contribution in [2.45, 2.75) is 38.3 Å². The molecule has 0 aromatic heterocycles. The molecule has 0 bridgehead atoms. The summed E-state index contributed by atoms with van der Waals surface area (Å²) < 4.78 is 13.8. The molecule has 0 radical (unpaired) electrons. The Hall–Kier alpha value is -1.66. The second kappa shape index (κ2) is 7.75. The summed E-state index contributed by atoms with van der Waals surface area (Å²) in [6.07, 6.45) is -0.000245. The number of carbonyl (C=O) groups is 2. The highest BCUT2D eigenvalue weighted by Gasteiger charge is 2.27. The summed E-state index contributed by atoms with van der Waals surface area (Å²) in [5, 5.41) is 13.0. The van der Waals surface area contributed by atoms with Crippen molar-refractivity contribution in [1.82, 2.24) is 10.2 Å². The second-order valence-electron chi connectivity index (χ2n) is 5.71. The monoisotopic (exact) mass is 342 g/mol. The predicted molar refractivity (Wildman–Crippen MR) is 84.5 cm³/mol. The van der Waals surface area contributed by atoms with Gasteiger partial charge in [0, 0.05) is 30.6 Å². The maximum absolute atomic E-state index is 13.8. The SMILES string of the molecule is CC(=O)N[C@H]1CCN(C(=O)Cc2c(F)cccc2Cl)CC[C@@H]1O. The molecule has 1 aliphatic heterocycles. The molecule has 7 heteroatoms. The van der Waals surface area contributed by atoms with Crippen LogP contribution in [0.1, 0.15) is 25.3 Å². The van der Waals surface area contributed by atoms with Crippen LogP contribution in [0.15, 0.2) is 18.2 Å². The van der Waals surface area contributed by atoms with Crippen molar-refractivity contribution < 1.29 is 19.1 Å². The van der Waals surface area contributed by atoms with Crippen molar-refractivity contribution in [2.75, 3.05) is 13.1 Å². The summed E-state index contributed by atoms with van der Waals surface area (Å²) in [7, 11) is 0. The van der Waals surface area contributed by atoms with E-state index in [4.69, 9.17) is 11.6 Å². The fraction of sp³-hybridized carbons (Fsp3) is 0.500. The standard InChI is InChI=1S/C16H20ClFN2O3/c1-10(21)19-14-5-7-20(8-6-15(14)22)16(23)9-11-12(17)3-2-4-13(11)18/h2-4,14-15,22H,5-9H2,1H3,(H,19,21)/t14-,15-/m0/s1. The average molecular weight is 343 g/mol. The van der Waals surface area contributed by atoms with Gasteiger partial charge in [0.1, 0.15) is 5.82 Å². The molecule has 2 rings (SSSR count). The molecule has 2 atom stereocenters. The third-order valence-electron chi connectivity index (χ3n) is 4.00. The zero-order chi connectivity index (χ0) is 17.0. The molecule has 1 heterocycles. The summed E-state index contributed by atoms with van der Waals surface area (Å²) in [5.74, 6) is -0.962. The van der Waals surface area contributed by atoms with Crippen molar-refractivity contribution in [3.8, 4) is 0 Å². The zero-order valence-electron chi connectivity index (χ0n) is 12.9. The predicted octanol–water partition coefficient (Wildman–Crippen LogP) is 1.51. The smallest absolute Gasteiger partial charge is 0.227 e. The van der Waals surface area contributed by atoms with Gasteiger partial charge >= 0.3 is 0 Å². The molecule has 5 nitrogen and oxygen atoms in total. The summed E-state index contributed by atoms with van der Waals surface area (Å²) in [4.78, 5) is 25.1. The number of aliphatic hydroxyl groups is 1. The highest BCUT2D eigenvalue weighted by molar-refractivity contribution is 6.31. The number of halogens is 2. The molecule has 23 heavy (non-hydrogen) atoms. The molecule has 1 aromatic carbocycles. The van der Waals surface area contributed by atoms with E-state index in [1.54, 1.807) is 11.0 Å². The Labute approximate surface area is 139 Å². The molecular formula is C16H20ClFN2O3. The summed E-state index contributed by atoms with van der Waals surface area (Å²) in [6, 6.07) is 3.94. The quantitative estimate of drug-likeness (QED) is 0.874. The van der Waals surface area contributed by atoms with E-state index >= 15 is 0 Å². The van der Waals surface area contributed by atoms with E-state index in [2.05, 4.69) is 5.32 Å². The zero-order valence-corrected chi connectivity index (χ0v) is 13.6. The minimum Gasteiger partial charge on any atom is -0.391 e. The molecule has 126 valence electrons. The average Bonchev–Trinajstić information content (AvgIpc) is 2.65. The van der Waals surface area contributed by atoms with Crippen LogP contribution in [0.5, 0.6) is 0 Å². The van der Waals surface area contributed by atoms with Crippen LogP contribution in [0, 0.1) is 5.82 Å². The van der Waals surface area contributed by atoms with Gasteiger partial charge in [-0.05, 0) is 25.0 Å². The Morgan fingerprint density at radius 1 is 1.39 bits per heavy atom. The van der Waals surface area contributed by atoms with Gasteiger partial charge in [-0.15, -0.1) is 0 Å². The topological polar surface area (TPSA) is 69.6 Å². The Bertz CT molecular complexity index is 576. The van der Waals surface area contributed by atoms with E-state index in [0.29, 0.717) is 25.9 Å². The van der Waals surface area contributed by atoms with Crippen molar-refractivity contribution in [1.29, 1.82) is 0 Å². The lowest BCUT2D eigenvalue weighted by Gasteiger charge is -2.21. The van der Waals surface area contributed by atoms with Crippen molar-refractivity contribution in [3.63, 3.8) is 0 Å². The largest absolute Gasteiger partial charge is 0.391 e. The third-order valence-corrected chi connectivity index (χ3v) is 4.35. The van der Waals surface area contributed by atoms with Crippen LogP contribution in [-0.2, 0) is 16.0 Å². The van der Waals surface area contributed by atoms with Gasteiger partial charge in [-0.2, -0.15) is 0 Å². The van der Waals surface area contributed by atoms with E-state index in [9.17, 15) is 19.1 Å². The van der Waals surface area contributed by atoms with Gasteiger partial charge in [0.15, 0.2) is 0 Å². The molecule has 0 saturated carbocycles. The van der Waals surface area contributed by atoms with Crippen LogP contribution in [0.4, 0.5) is 4.39 Å². The summed E-state index contributed by atoms with van der Waals surface area (Å²) in [6.45, 7) is 2.15. The number of hydrogen-bond donors (Lipinski definition) is 2. The first-order valence-electron chi connectivity index (χ1n) is 7.54. The molecular weight excluding hydrogens is 323 g/mol. The van der Waals surface area contributed by atoms with Crippen LogP contribution in [-0.4, -0.2) is 47.1 Å². The Morgan fingerprint density at radius 3 is 2.74 bits per heavy atom. The number of nitrogens with one attached hydrogen (secondary N) is 1. The van der Waals surface area contributed by atoms with Gasteiger partial charge in [-0.3, -0.25) is 9.59 Å². The number of carbonyl (C=O) groups excluding carboxylic acids is 2. The number of amides is 2. The van der Waals surface area contributed by atoms with Crippen LogP contribution < -0.4 is 5.32 Å². The maximum atomic E-state index is 13.8. The fourth-order valence-electron chi connectivity index (χ4n) is 2.73. The molecule has 0 aliphatic carbocycles. The van der Waals surface area contributed by atoms with Gasteiger partial charge in [0.25, 0.3) is 0 Å². The van der Waals surface area contributed by atoms with Crippen molar-refractivity contribution >= 4 is 23.4 Å². The van der Waals surface area contributed by atoms with Crippen molar-refractivity contribution in [2.24, 2.45) is 0 Å². The Morgan fingerprint density at radius 2 is 2.09 bits per heavy atom. The van der Waals surface area contributed by atoms with Gasteiger partial charge in [0.2, 0.25) is 11.8 Å². The molecule has 0 spiro atoms. The molecule has 1 saturated heterocycles. The maximum Gasteiger partial charge on any atom is 0.227 e. The molecule has 2 N–H and O–H groups in total. The van der Waals surface area contributed by atoms with E-state index in [0.717, 1.165) is 0 Å². The van der Waals surface area contributed by atoms with E-state index < -0.39 is 11.9 Å². The lowest BCUT2D eigenvalue weighted by Crippen LogP contribution is -2.42. The van der Waals surface area contributed by atoms with Crippen LogP contribution >= 0.6 is 11.6 Å². The van der Waals surface area contributed by atoms with Crippen LogP contribution in [0.25, 0.3) is 0 Å². The Kier molecular flexibility index (Phi) is 5.96. The summed E-state index contributed by atoms with van der Waals surface area (Å²) >= 11 is 5.95. The first-order chi connectivity index (χ1) is 10.9. The third kappa shape index (κ3) is 4.65. The van der Waals surface area contributed by atoms with Gasteiger partial charge < -0.3 is 15.3 Å². The van der Waals surface area contributed by atoms with E-state index in [1.807, 2.05) is 0 Å². The first kappa shape index (κ1) is 17.7. The number of aliphatic hydroxyl groups excluding tert-OH is 1. The lowest BCUT2D eigenvalue weighted by molar-refractivity contribution is -0.130. The summed E-state index contributed by atoms with van der Waals surface area (Å²) in [5.41, 5.74) is 0.183. The molecule has 0 unspecified atom stereocenters. The highest BCUT2D eigenvalue weighted by Crippen LogP contribution is 2.21. The lowest BCUT2D eigenvalue weighted by atomic mass is 10.1. The molecule has 1 fully saturated rings. The van der Waals surface area contributed by atoms with Crippen molar-refractivity contribution in [3.05, 3.63) is 34.6 Å². The second-order valence-corrected chi connectivity index (χ2v) is 6.12. The fourth-order valence-corrected chi connectivity index (χ4v) is 2.96. The van der Waals surface area contributed by atoms with E-state index in [-0.39, 0.29) is 34.9 Å². The number of nitrogens with zero attached hydrogens (tertiary/aromatic N) is 1. The van der Waals surface area contributed by atoms with Crippen LogP contribution in [0.2, 0.25) is 5.02 Å². The first-order valence-corrected chi connectivity index (χ1v) is 7.92. The van der Waals surface area contributed by atoms with Gasteiger partial charge in [-0.1, -0.05) is 17.7 Å². The number of benzene rings is 1.